The van der Waals surface area contributed by atoms with Crippen LogP contribution in [0.25, 0.3) is 11.2 Å². The number of anilines is 3. The van der Waals surface area contributed by atoms with Gasteiger partial charge in [-0.15, -0.1) is 0 Å². The van der Waals surface area contributed by atoms with E-state index in [1.54, 1.807) is 6.20 Å². The van der Waals surface area contributed by atoms with Gasteiger partial charge in [0.2, 0.25) is 17.8 Å². The van der Waals surface area contributed by atoms with E-state index in [9.17, 15) is 14.4 Å². The highest BCUT2D eigenvalue weighted by molar-refractivity contribution is 6.39. The number of nitriles is 1. The van der Waals surface area contributed by atoms with Crippen molar-refractivity contribution in [2.24, 2.45) is 11.1 Å². The van der Waals surface area contributed by atoms with Gasteiger partial charge in [0, 0.05) is 18.1 Å². The van der Waals surface area contributed by atoms with Crippen LogP contribution in [-0.4, -0.2) is 50.9 Å². The molecule has 1 aliphatic carbocycles. The molecule has 3 heterocycles. The third kappa shape index (κ3) is 5.08. The molecule has 2 atom stereocenters. The number of rotatable bonds is 6. The molecule has 2 aliphatic rings. The average Bonchev–Trinajstić information content (AvgIpc) is 3.25. The maximum absolute atomic E-state index is 14.4. The van der Waals surface area contributed by atoms with Crippen LogP contribution in [0.15, 0.2) is 18.3 Å². The molecule has 13 heteroatoms. The van der Waals surface area contributed by atoms with Crippen molar-refractivity contribution >= 4 is 57.9 Å². The van der Waals surface area contributed by atoms with Crippen molar-refractivity contribution in [2.45, 2.75) is 57.3 Å². The molecule has 5 rings (SSSR count). The highest BCUT2D eigenvalue weighted by Crippen LogP contribution is 2.43. The van der Waals surface area contributed by atoms with Crippen LogP contribution in [0, 0.1) is 16.7 Å². The van der Waals surface area contributed by atoms with Crippen molar-refractivity contribution in [1.29, 1.82) is 5.26 Å². The highest BCUT2D eigenvalue weighted by atomic mass is 35.5. The van der Waals surface area contributed by atoms with Gasteiger partial charge in [0.25, 0.3) is 0 Å². The number of nitrogens with one attached hydrogen (secondary N) is 2. The number of halogens is 3. The van der Waals surface area contributed by atoms with Crippen LogP contribution in [0.5, 0.6) is 0 Å². The van der Waals surface area contributed by atoms with E-state index in [-0.39, 0.29) is 34.5 Å². The fourth-order valence-electron chi connectivity index (χ4n) is 5.04. The number of ether oxygens (including phenoxy) is 1. The lowest BCUT2D eigenvalue weighted by Gasteiger charge is -2.35. The van der Waals surface area contributed by atoms with Gasteiger partial charge >= 0.3 is 0 Å². The minimum atomic E-state index is -1.17. The van der Waals surface area contributed by atoms with E-state index in [2.05, 4.69) is 15.6 Å². The fraction of sp³-hybridized carbons (Fsp3) is 0.480. The number of aromatic nitrogens is 4. The maximum Gasteiger partial charge on any atom is 0.225 e. The molecular formula is C25H27Cl2FN8O2. The van der Waals surface area contributed by atoms with E-state index in [0.29, 0.717) is 67.1 Å². The summed E-state index contributed by atoms with van der Waals surface area (Å²) in [5.74, 6) is 0.404. The topological polar surface area (TPSA) is 144 Å². The first kappa shape index (κ1) is 26.4. The second-order valence-corrected chi connectivity index (χ2v) is 10.9. The van der Waals surface area contributed by atoms with Crippen LogP contribution in [0.4, 0.5) is 22.0 Å². The Bertz CT molecular complexity index is 1390. The lowest BCUT2D eigenvalue weighted by atomic mass is 9.73. The van der Waals surface area contributed by atoms with Crippen LogP contribution in [0.2, 0.25) is 10.0 Å². The van der Waals surface area contributed by atoms with E-state index in [4.69, 9.17) is 43.6 Å². The highest BCUT2D eigenvalue weighted by Gasteiger charge is 2.38. The first-order valence-corrected chi connectivity index (χ1v) is 13.1. The lowest BCUT2D eigenvalue weighted by molar-refractivity contribution is -0.128. The van der Waals surface area contributed by atoms with Gasteiger partial charge in [-0.05, 0) is 44.2 Å². The van der Waals surface area contributed by atoms with Gasteiger partial charge in [-0.1, -0.05) is 30.1 Å². The number of amides is 1. The molecule has 1 amide bonds. The molecule has 4 N–H and O–H groups in total. The molecule has 38 heavy (non-hydrogen) atoms. The molecule has 0 spiro atoms. The summed E-state index contributed by atoms with van der Waals surface area (Å²) in [6, 6.07) is 4.54. The Labute approximate surface area is 228 Å². The van der Waals surface area contributed by atoms with E-state index in [1.165, 1.54) is 12.1 Å². The number of hydrogen-bond donors (Lipinski definition) is 3. The molecule has 0 bridgehead atoms. The number of imidazole rings is 1. The van der Waals surface area contributed by atoms with Gasteiger partial charge in [0.15, 0.2) is 5.65 Å². The SMILES string of the molecule is CC1(C(N)=O)CCC(n2c(Nc3c(Cl)cc(C#N)cc3Cl)nc3cnc(N[C@@H]4CCOC[C@H]4F)nc32)CC1. The summed E-state index contributed by atoms with van der Waals surface area (Å²) in [6.45, 7) is 2.37. The van der Waals surface area contributed by atoms with Gasteiger partial charge in [-0.3, -0.25) is 9.36 Å². The zero-order valence-electron chi connectivity index (χ0n) is 20.7. The number of nitrogens with two attached hydrogens (primary N) is 1. The zero-order valence-corrected chi connectivity index (χ0v) is 22.2. The van der Waals surface area contributed by atoms with Crippen molar-refractivity contribution in [3.8, 4) is 6.07 Å². The minimum absolute atomic E-state index is 0.0265. The monoisotopic (exact) mass is 560 g/mol. The summed E-state index contributed by atoms with van der Waals surface area (Å²) in [6.07, 6.45) is 3.44. The summed E-state index contributed by atoms with van der Waals surface area (Å²) < 4.78 is 21.5. The van der Waals surface area contributed by atoms with Crippen LogP contribution in [0.3, 0.4) is 0 Å². The van der Waals surface area contributed by atoms with Crippen molar-refractivity contribution in [3.63, 3.8) is 0 Å². The van der Waals surface area contributed by atoms with E-state index >= 15 is 0 Å². The van der Waals surface area contributed by atoms with Crippen molar-refractivity contribution in [1.82, 2.24) is 19.5 Å². The summed E-state index contributed by atoms with van der Waals surface area (Å²) in [5.41, 5.74) is 6.88. The average molecular weight is 561 g/mol. The number of hydrogen-bond acceptors (Lipinski definition) is 8. The van der Waals surface area contributed by atoms with Crippen LogP contribution < -0.4 is 16.4 Å². The molecule has 1 aliphatic heterocycles. The molecule has 1 saturated heterocycles. The van der Waals surface area contributed by atoms with Crippen molar-refractivity contribution in [2.75, 3.05) is 23.8 Å². The third-order valence-electron chi connectivity index (χ3n) is 7.46. The number of primary amides is 1. The number of fused-ring (bicyclic) bond motifs is 1. The number of nitrogens with zero attached hydrogens (tertiary/aromatic N) is 5. The van der Waals surface area contributed by atoms with Gasteiger partial charge in [0.05, 0.1) is 46.2 Å². The molecule has 0 radical (unpaired) electrons. The molecule has 200 valence electrons. The first-order valence-electron chi connectivity index (χ1n) is 12.4. The van der Waals surface area contributed by atoms with Crippen LogP contribution >= 0.6 is 23.2 Å². The Morgan fingerprint density at radius 2 is 1.97 bits per heavy atom. The Morgan fingerprint density at radius 3 is 2.61 bits per heavy atom. The second kappa shape index (κ2) is 10.5. The molecule has 1 saturated carbocycles. The third-order valence-corrected chi connectivity index (χ3v) is 8.06. The number of carbonyl (C=O) groups excluding carboxylic acids is 1. The summed E-state index contributed by atoms with van der Waals surface area (Å²) in [5, 5.41) is 16.1. The Morgan fingerprint density at radius 1 is 1.26 bits per heavy atom. The quantitative estimate of drug-likeness (QED) is 0.386. The van der Waals surface area contributed by atoms with Gasteiger partial charge in [-0.2, -0.15) is 10.2 Å². The predicted molar refractivity (Wildman–Crippen MR) is 142 cm³/mol. The molecular weight excluding hydrogens is 534 g/mol. The smallest absolute Gasteiger partial charge is 0.225 e. The van der Waals surface area contributed by atoms with Crippen molar-refractivity contribution < 1.29 is 13.9 Å². The van der Waals surface area contributed by atoms with Gasteiger partial charge in [0.1, 0.15) is 11.7 Å². The maximum atomic E-state index is 14.4. The van der Waals surface area contributed by atoms with Crippen molar-refractivity contribution in [3.05, 3.63) is 33.9 Å². The fourth-order valence-corrected chi connectivity index (χ4v) is 5.62. The van der Waals surface area contributed by atoms with E-state index in [1.807, 2.05) is 17.6 Å². The summed E-state index contributed by atoms with van der Waals surface area (Å²) in [7, 11) is 0. The standard InChI is InChI=1S/C25H27Cl2FN8O2/c1-25(22(30)37)5-2-14(3-6-25)36-21-19(11-31-23(35-21)32-18-4-7-38-12-17(18)28)33-24(36)34-20-15(26)8-13(10-29)9-16(20)27/h8-9,11,14,17-18H,2-7,12H2,1H3,(H2,30,37)(H,33,34)(H,31,32,35)/t14?,17-,18-,25?/m1/s1. The second-order valence-electron chi connectivity index (χ2n) is 10.0. The largest absolute Gasteiger partial charge is 0.378 e. The Balaban J connectivity index is 1.54. The molecule has 3 aromatic rings. The Hall–Kier alpha value is -3.20. The van der Waals surface area contributed by atoms with Gasteiger partial charge < -0.3 is 21.1 Å². The zero-order chi connectivity index (χ0) is 27.0. The van der Waals surface area contributed by atoms with E-state index in [0.717, 1.165) is 0 Å². The number of carbonyl (C=O) groups is 1. The van der Waals surface area contributed by atoms with Crippen LogP contribution in [-0.2, 0) is 9.53 Å². The molecule has 2 aromatic heterocycles. The minimum Gasteiger partial charge on any atom is -0.378 e. The molecule has 2 fully saturated rings. The summed E-state index contributed by atoms with van der Waals surface area (Å²) in [4.78, 5) is 25.8. The molecule has 0 unspecified atom stereocenters. The number of alkyl halides is 1. The predicted octanol–water partition coefficient (Wildman–Crippen LogP) is 4.89. The van der Waals surface area contributed by atoms with E-state index < -0.39 is 17.6 Å². The molecule has 10 nitrogen and oxygen atoms in total. The summed E-state index contributed by atoms with van der Waals surface area (Å²) >= 11 is 12.9. The number of benzene rings is 1. The van der Waals surface area contributed by atoms with Crippen LogP contribution in [0.1, 0.15) is 50.6 Å². The van der Waals surface area contributed by atoms with Gasteiger partial charge in [-0.25, -0.2) is 14.4 Å². The lowest BCUT2D eigenvalue weighted by Crippen LogP contribution is -2.39. The Kier molecular flexibility index (Phi) is 7.31. The molecule has 1 aromatic carbocycles. The normalized spacial score (nSPS) is 25.6. The first-order chi connectivity index (χ1) is 18.2.